The Morgan fingerprint density at radius 3 is 3.06 bits per heavy atom. The molecule has 0 amide bonds. The van der Waals surface area contributed by atoms with Gasteiger partial charge in [0, 0.05) is 10.6 Å². The van der Waals surface area contributed by atoms with Crippen LogP contribution < -0.4 is 0 Å². The summed E-state index contributed by atoms with van der Waals surface area (Å²) in [5, 5.41) is 10.8. The van der Waals surface area contributed by atoms with Crippen LogP contribution in [-0.4, -0.2) is 16.0 Å². The number of hydrogen-bond acceptors (Lipinski definition) is 5. The van der Waals surface area contributed by atoms with Crippen molar-refractivity contribution in [2.75, 3.05) is 5.75 Å². The third-order valence-corrected chi connectivity index (χ3v) is 7.74. The molecule has 1 atom stereocenters. The first-order valence-electron chi connectivity index (χ1n) is 5.95. The number of nitrogens with zero attached hydrogens (tertiary/aromatic N) is 2. The molecule has 0 aliphatic carbocycles. The first-order valence-corrected chi connectivity index (χ1v) is 9.65. The number of hydrogen-bond donors (Lipinski definition) is 0. The Hall–Kier alpha value is 0.0900. The van der Waals surface area contributed by atoms with E-state index in [1.54, 1.807) is 16.2 Å². The molecule has 3 heterocycles. The second kappa shape index (κ2) is 5.61. The Kier molecular flexibility index (Phi) is 4.08. The molecule has 18 heavy (non-hydrogen) atoms. The molecule has 0 N–H and O–H groups in total. The zero-order valence-electron chi connectivity index (χ0n) is 9.98. The van der Waals surface area contributed by atoms with Crippen LogP contribution in [-0.2, 0) is 12.2 Å². The van der Waals surface area contributed by atoms with E-state index in [0.717, 1.165) is 22.2 Å². The van der Waals surface area contributed by atoms with Gasteiger partial charge >= 0.3 is 0 Å². The highest BCUT2D eigenvalue weighted by Gasteiger charge is 2.18. The Bertz CT molecular complexity index is 526. The van der Waals surface area contributed by atoms with E-state index >= 15 is 0 Å². The van der Waals surface area contributed by atoms with Crippen LogP contribution in [0.5, 0.6) is 0 Å². The summed E-state index contributed by atoms with van der Waals surface area (Å²) in [7, 11) is 0. The summed E-state index contributed by atoms with van der Waals surface area (Å²) in [6, 6.07) is 2.31. The van der Waals surface area contributed by atoms with E-state index in [1.807, 2.05) is 23.1 Å². The molecule has 2 aromatic heterocycles. The third-order valence-electron chi connectivity index (χ3n) is 2.91. The Labute approximate surface area is 127 Å². The molecule has 0 aromatic carbocycles. The average molecular weight is 361 g/mol. The van der Waals surface area contributed by atoms with Crippen molar-refractivity contribution in [3.63, 3.8) is 0 Å². The van der Waals surface area contributed by atoms with Crippen LogP contribution in [0.25, 0.3) is 9.88 Å². The second-order valence-electron chi connectivity index (χ2n) is 4.18. The lowest BCUT2D eigenvalue weighted by Gasteiger charge is -2.08. The number of aryl methyl sites for hydroxylation is 1. The normalized spacial score (nSPS) is 16.6. The van der Waals surface area contributed by atoms with Crippen LogP contribution in [0.2, 0.25) is 0 Å². The van der Waals surface area contributed by atoms with Crippen molar-refractivity contribution in [3.8, 4) is 9.88 Å². The molecule has 0 radical (unpaired) electrons. The minimum atomic E-state index is 0.342. The largest absolute Gasteiger partial charge is 0.157 e. The number of alkyl halides is 1. The molecule has 1 aliphatic heterocycles. The maximum atomic E-state index is 4.34. The van der Waals surface area contributed by atoms with Crippen LogP contribution in [0, 0.1) is 0 Å². The number of halogens is 1. The van der Waals surface area contributed by atoms with E-state index in [-0.39, 0.29) is 0 Å². The summed E-state index contributed by atoms with van der Waals surface area (Å²) in [6.07, 6.45) is 2.26. The number of rotatable bonds is 3. The molecule has 2 aromatic rings. The summed E-state index contributed by atoms with van der Waals surface area (Å²) < 4.78 is 0. The molecule has 6 heteroatoms. The lowest BCUT2D eigenvalue weighted by molar-refractivity contribution is 0.870. The van der Waals surface area contributed by atoms with E-state index in [9.17, 15) is 0 Å². The van der Waals surface area contributed by atoms with Gasteiger partial charge in [0.05, 0.1) is 9.70 Å². The number of aromatic nitrogens is 2. The predicted octanol–water partition coefficient (Wildman–Crippen LogP) is 4.90. The van der Waals surface area contributed by atoms with Crippen molar-refractivity contribution in [3.05, 3.63) is 21.5 Å². The summed E-state index contributed by atoms with van der Waals surface area (Å²) >= 11 is 9.28. The summed E-state index contributed by atoms with van der Waals surface area (Å²) in [6.45, 7) is 2.15. The number of thioether (sulfide) groups is 1. The smallest absolute Gasteiger partial charge is 0.157 e. The van der Waals surface area contributed by atoms with Crippen molar-refractivity contribution in [1.82, 2.24) is 10.2 Å². The van der Waals surface area contributed by atoms with Gasteiger partial charge in [-0.05, 0) is 30.2 Å². The topological polar surface area (TPSA) is 25.8 Å². The molecule has 0 fully saturated rings. The summed E-state index contributed by atoms with van der Waals surface area (Å²) in [5.74, 6) is 2.42. The van der Waals surface area contributed by atoms with Gasteiger partial charge in [-0.25, -0.2) is 0 Å². The maximum absolute atomic E-state index is 4.34. The van der Waals surface area contributed by atoms with Crippen LogP contribution in [0.1, 0.15) is 33.6 Å². The van der Waals surface area contributed by atoms with E-state index in [0.29, 0.717) is 4.83 Å². The number of thiophene rings is 1. The standard InChI is InChI=1S/C12H13BrN2S3/c1-2-8(13)11-14-15-12(18-11)10-5-7-6-16-4-3-9(7)17-10/h5,8H,2-4,6H2,1H3. The van der Waals surface area contributed by atoms with E-state index in [2.05, 4.69) is 39.1 Å². The van der Waals surface area contributed by atoms with Crippen LogP contribution >= 0.6 is 50.4 Å². The van der Waals surface area contributed by atoms with Gasteiger partial charge in [0.1, 0.15) is 5.01 Å². The van der Waals surface area contributed by atoms with Crippen LogP contribution in [0.3, 0.4) is 0 Å². The quantitative estimate of drug-likeness (QED) is 0.727. The van der Waals surface area contributed by atoms with Gasteiger partial charge in [0.15, 0.2) is 5.01 Å². The highest BCUT2D eigenvalue weighted by Crippen LogP contribution is 2.39. The van der Waals surface area contributed by atoms with Gasteiger partial charge in [0.25, 0.3) is 0 Å². The van der Waals surface area contributed by atoms with E-state index in [4.69, 9.17) is 0 Å². The SMILES string of the molecule is CCC(Br)c1nnc(-c2cc3c(s2)CCSC3)s1. The fourth-order valence-corrected chi connectivity index (χ4v) is 5.58. The maximum Gasteiger partial charge on any atom is 0.157 e. The van der Waals surface area contributed by atoms with Gasteiger partial charge in [-0.2, -0.15) is 11.8 Å². The highest BCUT2D eigenvalue weighted by atomic mass is 79.9. The van der Waals surface area contributed by atoms with Crippen molar-refractivity contribution >= 4 is 50.4 Å². The Morgan fingerprint density at radius 1 is 1.39 bits per heavy atom. The molecule has 0 saturated heterocycles. The van der Waals surface area contributed by atoms with Crippen molar-refractivity contribution < 1.29 is 0 Å². The van der Waals surface area contributed by atoms with Gasteiger partial charge in [-0.15, -0.1) is 21.5 Å². The fraction of sp³-hybridized carbons (Fsp3) is 0.500. The molecule has 2 nitrogen and oxygen atoms in total. The van der Waals surface area contributed by atoms with E-state index < -0.39 is 0 Å². The average Bonchev–Trinajstić information content (AvgIpc) is 3.03. The second-order valence-corrected chi connectivity index (χ2v) is 8.54. The van der Waals surface area contributed by atoms with Crippen molar-refractivity contribution in [1.29, 1.82) is 0 Å². The van der Waals surface area contributed by atoms with E-state index in [1.165, 1.54) is 22.6 Å². The molecule has 3 rings (SSSR count). The van der Waals surface area contributed by atoms with Gasteiger partial charge < -0.3 is 0 Å². The molecule has 1 unspecified atom stereocenters. The molecule has 1 aliphatic rings. The minimum absolute atomic E-state index is 0.342. The predicted molar refractivity (Wildman–Crippen MR) is 85.0 cm³/mol. The highest BCUT2D eigenvalue weighted by molar-refractivity contribution is 9.09. The summed E-state index contributed by atoms with van der Waals surface area (Å²) in [4.78, 5) is 3.18. The fourth-order valence-electron chi connectivity index (χ4n) is 1.89. The number of fused-ring (bicyclic) bond motifs is 1. The minimum Gasteiger partial charge on any atom is -0.157 e. The zero-order valence-corrected chi connectivity index (χ0v) is 14.0. The van der Waals surface area contributed by atoms with Crippen LogP contribution in [0.4, 0.5) is 0 Å². The molecular weight excluding hydrogens is 348 g/mol. The molecule has 0 bridgehead atoms. The first kappa shape index (κ1) is 13.1. The van der Waals surface area contributed by atoms with Crippen LogP contribution in [0.15, 0.2) is 6.07 Å². The Morgan fingerprint density at radius 2 is 2.28 bits per heavy atom. The molecule has 96 valence electrons. The van der Waals surface area contributed by atoms with Crippen molar-refractivity contribution in [2.24, 2.45) is 0 Å². The molecular formula is C12H13BrN2S3. The monoisotopic (exact) mass is 360 g/mol. The molecule has 0 saturated carbocycles. The zero-order chi connectivity index (χ0) is 12.5. The van der Waals surface area contributed by atoms with Gasteiger partial charge in [0.2, 0.25) is 0 Å². The molecule has 0 spiro atoms. The van der Waals surface area contributed by atoms with Crippen molar-refractivity contribution in [2.45, 2.75) is 30.3 Å². The Balaban J connectivity index is 1.90. The van der Waals surface area contributed by atoms with Gasteiger partial charge in [-0.1, -0.05) is 34.2 Å². The van der Waals surface area contributed by atoms with Gasteiger partial charge in [-0.3, -0.25) is 0 Å². The lowest BCUT2D eigenvalue weighted by Crippen LogP contribution is -1.96. The first-order chi connectivity index (χ1) is 8.78. The summed E-state index contributed by atoms with van der Waals surface area (Å²) in [5.41, 5.74) is 1.51. The lowest BCUT2D eigenvalue weighted by atomic mass is 10.2. The third kappa shape index (κ3) is 2.53.